The molecule has 3 atom stereocenters. The van der Waals surface area contributed by atoms with Crippen LogP contribution in [0.25, 0.3) is 10.9 Å². The molecule has 5 heteroatoms. The van der Waals surface area contributed by atoms with Crippen molar-refractivity contribution in [2.24, 2.45) is 11.8 Å². The molecule has 1 N–H and O–H groups in total. The first-order valence-corrected chi connectivity index (χ1v) is 9.32. The summed E-state index contributed by atoms with van der Waals surface area (Å²) in [5.74, 6) is 0.470. The van der Waals surface area contributed by atoms with Crippen molar-refractivity contribution in [1.29, 1.82) is 0 Å². The van der Waals surface area contributed by atoms with Gasteiger partial charge in [-0.1, -0.05) is 18.2 Å². The third-order valence-electron chi connectivity index (χ3n) is 5.87. The third kappa shape index (κ3) is 2.79. The zero-order valence-electron chi connectivity index (χ0n) is 14.8. The first-order chi connectivity index (χ1) is 13.2. The van der Waals surface area contributed by atoms with Crippen LogP contribution >= 0.6 is 0 Å². The predicted molar refractivity (Wildman–Crippen MR) is 102 cm³/mol. The molecule has 0 spiro atoms. The number of carbonyl (C=O) groups excluding carboxylic acids is 1. The van der Waals surface area contributed by atoms with Crippen LogP contribution in [0.5, 0.6) is 0 Å². The summed E-state index contributed by atoms with van der Waals surface area (Å²) in [4.78, 5) is 19.6. The van der Waals surface area contributed by atoms with E-state index in [2.05, 4.69) is 10.3 Å². The van der Waals surface area contributed by atoms with E-state index in [9.17, 15) is 9.18 Å². The molecule has 2 saturated heterocycles. The fourth-order valence-electron chi connectivity index (χ4n) is 4.62. The SMILES string of the molecule is O=C(c1ccc2ncccc2c1)N1C[C@@H]2CNC[C@@H]2[C@H]1c1cccc(F)c1. The number of rotatable bonds is 2. The van der Waals surface area contributed by atoms with Crippen LogP contribution in [0.15, 0.2) is 60.8 Å². The minimum atomic E-state index is -0.258. The van der Waals surface area contributed by atoms with Crippen LogP contribution in [0.2, 0.25) is 0 Å². The van der Waals surface area contributed by atoms with Crippen molar-refractivity contribution in [2.75, 3.05) is 19.6 Å². The quantitative estimate of drug-likeness (QED) is 0.761. The van der Waals surface area contributed by atoms with Crippen LogP contribution in [0.1, 0.15) is 22.0 Å². The Balaban J connectivity index is 1.53. The zero-order chi connectivity index (χ0) is 18.4. The topological polar surface area (TPSA) is 45.2 Å². The van der Waals surface area contributed by atoms with Gasteiger partial charge >= 0.3 is 0 Å². The fraction of sp³-hybridized carbons (Fsp3) is 0.273. The van der Waals surface area contributed by atoms with Crippen LogP contribution in [0.4, 0.5) is 4.39 Å². The number of likely N-dealkylation sites (tertiary alicyclic amines) is 1. The molecule has 0 radical (unpaired) electrons. The average molecular weight is 361 g/mol. The Bertz CT molecular complexity index is 1020. The maximum atomic E-state index is 13.9. The second kappa shape index (κ2) is 6.43. The fourth-order valence-corrected chi connectivity index (χ4v) is 4.62. The highest BCUT2D eigenvalue weighted by Crippen LogP contribution is 2.43. The number of aromatic nitrogens is 1. The van der Waals surface area contributed by atoms with Gasteiger partial charge in [0.25, 0.3) is 5.91 Å². The third-order valence-corrected chi connectivity index (χ3v) is 5.87. The molecular weight excluding hydrogens is 341 g/mol. The Morgan fingerprint density at radius 2 is 2.04 bits per heavy atom. The van der Waals surface area contributed by atoms with Gasteiger partial charge in [-0.15, -0.1) is 0 Å². The summed E-state index contributed by atoms with van der Waals surface area (Å²) >= 11 is 0. The van der Waals surface area contributed by atoms with Gasteiger partial charge in [0.05, 0.1) is 11.6 Å². The van der Waals surface area contributed by atoms with Gasteiger partial charge in [0.2, 0.25) is 0 Å². The number of nitrogens with zero attached hydrogens (tertiary/aromatic N) is 2. The highest BCUT2D eigenvalue weighted by molar-refractivity contribution is 5.98. The van der Waals surface area contributed by atoms with Crippen molar-refractivity contribution in [1.82, 2.24) is 15.2 Å². The Labute approximate surface area is 157 Å². The molecule has 3 heterocycles. The lowest BCUT2D eigenvalue weighted by Crippen LogP contribution is -2.34. The largest absolute Gasteiger partial charge is 0.331 e. The van der Waals surface area contributed by atoms with E-state index in [0.29, 0.717) is 23.9 Å². The Kier molecular flexibility index (Phi) is 3.90. The van der Waals surface area contributed by atoms with Crippen molar-refractivity contribution >= 4 is 16.8 Å². The van der Waals surface area contributed by atoms with Gasteiger partial charge in [0, 0.05) is 42.7 Å². The highest BCUT2D eigenvalue weighted by atomic mass is 19.1. The van der Waals surface area contributed by atoms with Crippen molar-refractivity contribution in [3.63, 3.8) is 0 Å². The molecule has 2 aromatic carbocycles. The molecule has 0 aliphatic carbocycles. The van der Waals surface area contributed by atoms with E-state index in [1.165, 1.54) is 6.07 Å². The summed E-state index contributed by atoms with van der Waals surface area (Å²) in [6.07, 6.45) is 1.75. The number of halogens is 1. The molecule has 4 nitrogen and oxygen atoms in total. The van der Waals surface area contributed by atoms with E-state index in [1.807, 2.05) is 41.3 Å². The van der Waals surface area contributed by atoms with Crippen molar-refractivity contribution < 1.29 is 9.18 Å². The number of pyridine rings is 1. The monoisotopic (exact) mass is 361 g/mol. The Morgan fingerprint density at radius 3 is 2.93 bits per heavy atom. The van der Waals surface area contributed by atoms with Crippen LogP contribution in [0, 0.1) is 17.7 Å². The molecule has 5 rings (SSSR count). The van der Waals surface area contributed by atoms with Crippen molar-refractivity contribution in [3.05, 3.63) is 77.7 Å². The Morgan fingerprint density at radius 1 is 1.11 bits per heavy atom. The maximum absolute atomic E-state index is 13.9. The van der Waals surface area contributed by atoms with E-state index in [-0.39, 0.29) is 17.8 Å². The number of amides is 1. The maximum Gasteiger partial charge on any atom is 0.254 e. The standard InChI is InChI=1S/C22H20FN3O/c23-18-5-1-3-15(10-18)21-19-12-24-11-17(19)13-26(21)22(27)16-6-7-20-14(9-16)4-2-8-25-20/h1-10,17,19,21,24H,11-13H2/t17-,19-,21+/m0/s1. The lowest BCUT2D eigenvalue weighted by Gasteiger charge is -2.28. The normalized spacial score (nSPS) is 24.3. The van der Waals surface area contributed by atoms with E-state index in [4.69, 9.17) is 0 Å². The molecule has 2 aliphatic heterocycles. The molecule has 1 aromatic heterocycles. The van der Waals surface area contributed by atoms with E-state index < -0.39 is 0 Å². The molecule has 3 aromatic rings. The number of carbonyl (C=O) groups is 1. The summed E-state index contributed by atoms with van der Waals surface area (Å²) in [7, 11) is 0. The van der Waals surface area contributed by atoms with Crippen LogP contribution in [-0.2, 0) is 0 Å². The van der Waals surface area contributed by atoms with Crippen LogP contribution in [0.3, 0.4) is 0 Å². The van der Waals surface area contributed by atoms with Gasteiger partial charge in [-0.3, -0.25) is 9.78 Å². The van der Waals surface area contributed by atoms with Crippen LogP contribution < -0.4 is 5.32 Å². The lowest BCUT2D eigenvalue weighted by molar-refractivity contribution is 0.0714. The zero-order valence-corrected chi connectivity index (χ0v) is 14.8. The molecule has 2 fully saturated rings. The number of fused-ring (bicyclic) bond motifs is 2. The van der Waals surface area contributed by atoms with Crippen molar-refractivity contribution in [2.45, 2.75) is 6.04 Å². The molecule has 0 bridgehead atoms. The van der Waals surface area contributed by atoms with E-state index >= 15 is 0 Å². The summed E-state index contributed by atoms with van der Waals surface area (Å²) in [6, 6.07) is 16.0. The predicted octanol–water partition coefficient (Wildman–Crippen LogP) is 3.41. The van der Waals surface area contributed by atoms with Gasteiger partial charge in [0.15, 0.2) is 0 Å². The van der Waals surface area contributed by atoms with Gasteiger partial charge in [-0.25, -0.2) is 4.39 Å². The average Bonchev–Trinajstić information content (AvgIpc) is 3.28. The van der Waals surface area contributed by atoms with Gasteiger partial charge in [-0.2, -0.15) is 0 Å². The molecular formula is C22H20FN3O. The first kappa shape index (κ1) is 16.4. The second-order valence-corrected chi connectivity index (χ2v) is 7.45. The number of benzene rings is 2. The Hall–Kier alpha value is -2.79. The molecule has 2 aliphatic rings. The molecule has 0 unspecified atom stereocenters. The van der Waals surface area contributed by atoms with Gasteiger partial charge < -0.3 is 10.2 Å². The molecule has 1 amide bonds. The van der Waals surface area contributed by atoms with Crippen LogP contribution in [-0.4, -0.2) is 35.4 Å². The van der Waals surface area contributed by atoms with Gasteiger partial charge in [-0.05, 0) is 47.9 Å². The molecule has 136 valence electrons. The van der Waals surface area contributed by atoms with E-state index in [0.717, 1.165) is 29.6 Å². The smallest absolute Gasteiger partial charge is 0.254 e. The summed E-state index contributed by atoms with van der Waals surface area (Å²) < 4.78 is 13.9. The summed E-state index contributed by atoms with van der Waals surface area (Å²) in [5.41, 5.74) is 2.41. The molecule has 0 saturated carbocycles. The summed E-state index contributed by atoms with van der Waals surface area (Å²) in [5, 5.41) is 4.37. The first-order valence-electron chi connectivity index (χ1n) is 9.32. The number of nitrogens with one attached hydrogen (secondary N) is 1. The minimum absolute atomic E-state index is 0.00409. The van der Waals surface area contributed by atoms with E-state index in [1.54, 1.807) is 18.3 Å². The van der Waals surface area contributed by atoms with Crippen molar-refractivity contribution in [3.8, 4) is 0 Å². The molecule has 27 heavy (non-hydrogen) atoms. The second-order valence-electron chi connectivity index (χ2n) is 7.45. The summed E-state index contributed by atoms with van der Waals surface area (Å²) in [6.45, 7) is 2.46. The number of hydrogen-bond acceptors (Lipinski definition) is 3. The lowest BCUT2D eigenvalue weighted by atomic mass is 9.89. The van der Waals surface area contributed by atoms with Gasteiger partial charge in [0.1, 0.15) is 5.82 Å². The number of hydrogen-bond donors (Lipinski definition) is 1. The highest BCUT2D eigenvalue weighted by Gasteiger charge is 2.46. The minimum Gasteiger partial charge on any atom is -0.331 e.